The van der Waals surface area contributed by atoms with E-state index in [0.717, 1.165) is 5.56 Å². The van der Waals surface area contributed by atoms with Crippen LogP contribution in [0.5, 0.6) is 11.5 Å². The highest BCUT2D eigenvalue weighted by atomic mass is 16.7. The lowest BCUT2D eigenvalue weighted by Crippen LogP contribution is -2.45. The second-order valence-corrected chi connectivity index (χ2v) is 5.06. The maximum atomic E-state index is 12.0. The van der Waals surface area contributed by atoms with E-state index in [4.69, 9.17) is 9.47 Å². The minimum atomic E-state index is -1.12. The fourth-order valence-electron chi connectivity index (χ4n) is 2.09. The topological polar surface area (TPSA) is 123 Å². The summed E-state index contributed by atoms with van der Waals surface area (Å²) in [6.07, 6.45) is 4.10. The molecule has 2 amide bonds. The average molecular weight is 345 g/mol. The van der Waals surface area contributed by atoms with Gasteiger partial charge < -0.3 is 29.7 Å². The number of ether oxygens (including phenoxy) is 2. The second-order valence-electron chi connectivity index (χ2n) is 5.06. The Kier molecular flexibility index (Phi) is 4.95. The van der Waals surface area contributed by atoms with Gasteiger partial charge in [-0.25, -0.2) is 0 Å². The van der Waals surface area contributed by atoms with Crippen molar-refractivity contribution in [2.75, 3.05) is 18.7 Å². The number of carbonyl (C=O) groups excluding carboxylic acids is 2. The molecule has 1 aliphatic rings. The fourth-order valence-corrected chi connectivity index (χ4v) is 2.09. The molecule has 0 radical (unpaired) electrons. The Hall–Kier alpha value is -3.33. The predicted octanol–water partition coefficient (Wildman–Crippen LogP) is 0.532. The van der Waals surface area contributed by atoms with E-state index in [9.17, 15) is 14.7 Å². The maximum Gasteiger partial charge on any atom is 0.250 e. The Morgan fingerprint density at radius 2 is 2.12 bits per heavy atom. The van der Waals surface area contributed by atoms with Crippen LogP contribution in [-0.4, -0.2) is 41.5 Å². The third-order valence-electron chi connectivity index (χ3n) is 3.33. The molecular formula is C16H15N3O6. The van der Waals surface area contributed by atoms with E-state index in [-0.39, 0.29) is 12.6 Å². The van der Waals surface area contributed by atoms with Crippen molar-refractivity contribution in [1.29, 1.82) is 0 Å². The highest BCUT2D eigenvalue weighted by molar-refractivity contribution is 5.99. The molecule has 1 aromatic carbocycles. The van der Waals surface area contributed by atoms with Crippen LogP contribution in [0.2, 0.25) is 0 Å². The van der Waals surface area contributed by atoms with Crippen LogP contribution in [-0.2, 0) is 9.59 Å². The summed E-state index contributed by atoms with van der Waals surface area (Å²) < 4.78 is 15.0. The van der Waals surface area contributed by atoms with E-state index in [1.165, 1.54) is 18.4 Å². The van der Waals surface area contributed by atoms with Crippen molar-refractivity contribution in [1.82, 2.24) is 10.5 Å². The van der Waals surface area contributed by atoms with Gasteiger partial charge in [-0.3, -0.25) is 9.59 Å². The first-order valence-electron chi connectivity index (χ1n) is 7.36. The molecular weight excluding hydrogens is 330 g/mol. The van der Waals surface area contributed by atoms with Crippen LogP contribution >= 0.6 is 0 Å². The van der Waals surface area contributed by atoms with Gasteiger partial charge in [0.2, 0.25) is 12.7 Å². The zero-order valence-electron chi connectivity index (χ0n) is 13.0. The van der Waals surface area contributed by atoms with Gasteiger partial charge >= 0.3 is 0 Å². The third kappa shape index (κ3) is 4.15. The van der Waals surface area contributed by atoms with Gasteiger partial charge in [0.1, 0.15) is 12.3 Å². The maximum absolute atomic E-state index is 12.0. The van der Waals surface area contributed by atoms with Gasteiger partial charge in [-0.15, -0.1) is 0 Å². The van der Waals surface area contributed by atoms with Crippen molar-refractivity contribution >= 4 is 23.7 Å². The zero-order valence-corrected chi connectivity index (χ0v) is 13.0. The average Bonchev–Trinajstić information content (AvgIpc) is 3.28. The number of hydrogen-bond donors (Lipinski definition) is 3. The number of aliphatic hydroxyl groups is 1. The Morgan fingerprint density at radius 1 is 1.28 bits per heavy atom. The fraction of sp³-hybridized carbons (Fsp3) is 0.188. The Morgan fingerprint density at radius 3 is 2.88 bits per heavy atom. The number of aromatic nitrogens is 1. The molecule has 0 saturated heterocycles. The molecule has 0 saturated carbocycles. The number of aliphatic hydroxyl groups excluding tert-OH is 1. The molecule has 2 aromatic rings. The minimum absolute atomic E-state index is 0.168. The van der Waals surface area contributed by atoms with Gasteiger partial charge in [-0.05, 0) is 23.8 Å². The zero-order chi connectivity index (χ0) is 17.6. The van der Waals surface area contributed by atoms with E-state index >= 15 is 0 Å². The molecule has 1 atom stereocenters. The van der Waals surface area contributed by atoms with Crippen molar-refractivity contribution in [3.05, 3.63) is 42.2 Å². The van der Waals surface area contributed by atoms with Crippen molar-refractivity contribution in [3.8, 4) is 11.5 Å². The first-order valence-corrected chi connectivity index (χ1v) is 7.36. The monoisotopic (exact) mass is 345 g/mol. The Labute approximate surface area is 142 Å². The van der Waals surface area contributed by atoms with Crippen LogP contribution in [0.1, 0.15) is 5.56 Å². The first kappa shape index (κ1) is 16.5. The molecule has 1 aromatic heterocycles. The lowest BCUT2D eigenvalue weighted by Gasteiger charge is -2.13. The number of rotatable bonds is 6. The molecule has 9 heteroatoms. The summed E-state index contributed by atoms with van der Waals surface area (Å²) >= 11 is 0. The van der Waals surface area contributed by atoms with Crippen LogP contribution in [0.4, 0.5) is 5.82 Å². The molecule has 0 aliphatic carbocycles. The number of carbonyl (C=O) groups is 2. The normalized spacial score (nSPS) is 13.6. The van der Waals surface area contributed by atoms with Crippen molar-refractivity contribution < 1.29 is 28.7 Å². The van der Waals surface area contributed by atoms with Crippen LogP contribution < -0.4 is 20.1 Å². The number of benzene rings is 1. The second kappa shape index (κ2) is 7.49. The summed E-state index contributed by atoms with van der Waals surface area (Å²) in [7, 11) is 0. The number of anilines is 1. The summed E-state index contributed by atoms with van der Waals surface area (Å²) in [6.45, 7) is -0.394. The molecule has 9 nitrogen and oxygen atoms in total. The lowest BCUT2D eigenvalue weighted by molar-refractivity contribution is -0.124. The van der Waals surface area contributed by atoms with Crippen LogP contribution in [0.15, 0.2) is 41.1 Å². The summed E-state index contributed by atoms with van der Waals surface area (Å²) in [6, 6.07) is 5.55. The summed E-state index contributed by atoms with van der Waals surface area (Å²) in [5.74, 6) is 0.288. The van der Waals surface area contributed by atoms with Crippen LogP contribution in [0, 0.1) is 0 Å². The summed E-state index contributed by atoms with van der Waals surface area (Å²) in [5, 5.41) is 17.6. The third-order valence-corrected chi connectivity index (χ3v) is 3.33. The van der Waals surface area contributed by atoms with Crippen molar-refractivity contribution in [2.45, 2.75) is 6.04 Å². The molecule has 0 fully saturated rings. The number of fused-ring (bicyclic) bond motifs is 1. The largest absolute Gasteiger partial charge is 0.454 e. The van der Waals surface area contributed by atoms with E-state index < -0.39 is 24.5 Å². The molecule has 3 rings (SSSR count). The highest BCUT2D eigenvalue weighted by Crippen LogP contribution is 2.32. The molecule has 2 heterocycles. The van der Waals surface area contributed by atoms with E-state index in [2.05, 4.69) is 20.3 Å². The molecule has 1 aliphatic heterocycles. The molecule has 0 unspecified atom stereocenters. The number of nitrogens with one attached hydrogen (secondary N) is 2. The molecule has 130 valence electrons. The van der Waals surface area contributed by atoms with Gasteiger partial charge in [0.25, 0.3) is 5.91 Å². The quantitative estimate of drug-likeness (QED) is 0.653. The predicted molar refractivity (Wildman–Crippen MR) is 85.7 cm³/mol. The first-order chi connectivity index (χ1) is 12.2. The minimum Gasteiger partial charge on any atom is -0.454 e. The Bertz CT molecular complexity index is 787. The molecule has 0 bridgehead atoms. The lowest BCUT2D eigenvalue weighted by atomic mass is 10.2. The van der Waals surface area contributed by atoms with Gasteiger partial charge in [-0.1, -0.05) is 11.2 Å². The van der Waals surface area contributed by atoms with Gasteiger partial charge in [0.05, 0.1) is 6.61 Å². The summed E-state index contributed by atoms with van der Waals surface area (Å²) in [5.41, 5.74) is 0.729. The number of hydrogen-bond acceptors (Lipinski definition) is 7. The van der Waals surface area contributed by atoms with Gasteiger partial charge in [0, 0.05) is 12.1 Å². The smallest absolute Gasteiger partial charge is 0.250 e. The number of amides is 2. The van der Waals surface area contributed by atoms with Crippen molar-refractivity contribution in [2.24, 2.45) is 0 Å². The van der Waals surface area contributed by atoms with E-state index in [1.54, 1.807) is 24.3 Å². The molecule has 25 heavy (non-hydrogen) atoms. The summed E-state index contributed by atoms with van der Waals surface area (Å²) in [4.78, 5) is 23.9. The highest BCUT2D eigenvalue weighted by Gasteiger charge is 2.20. The standard InChI is InChI=1S/C16H15N3O6/c20-8-11(16(22)18-14-5-6-25-19-14)17-15(21)4-2-10-1-3-12-13(7-10)24-9-23-12/h1-7,11,20H,8-9H2,(H,17,21)(H,18,19,22)/t11-/m0/s1. The van der Waals surface area contributed by atoms with Crippen LogP contribution in [0.3, 0.4) is 0 Å². The SMILES string of the molecule is O=C(C=Cc1ccc2c(c1)OCO2)N[C@@H](CO)C(=O)Nc1ccon1. The van der Waals surface area contributed by atoms with E-state index in [0.29, 0.717) is 11.5 Å². The van der Waals surface area contributed by atoms with E-state index in [1.807, 2.05) is 0 Å². The van der Waals surface area contributed by atoms with Gasteiger partial charge in [0.15, 0.2) is 17.3 Å². The molecule has 0 spiro atoms. The van der Waals surface area contributed by atoms with Gasteiger partial charge in [-0.2, -0.15) is 0 Å². The van der Waals surface area contributed by atoms with Crippen molar-refractivity contribution in [3.63, 3.8) is 0 Å². The molecule has 3 N–H and O–H groups in total. The van der Waals surface area contributed by atoms with Crippen LogP contribution in [0.25, 0.3) is 6.08 Å². The Balaban J connectivity index is 1.57. The number of nitrogens with zero attached hydrogens (tertiary/aromatic N) is 1.